The molecule has 1 aromatic rings. The van der Waals surface area contributed by atoms with Crippen molar-refractivity contribution in [3.8, 4) is 0 Å². The first-order chi connectivity index (χ1) is 12.3. The highest BCUT2D eigenvalue weighted by molar-refractivity contribution is 7.91. The number of sulfone groups is 1. The van der Waals surface area contributed by atoms with Crippen LogP contribution >= 0.6 is 0 Å². The van der Waals surface area contributed by atoms with E-state index in [1.807, 2.05) is 0 Å². The Kier molecular flexibility index (Phi) is 5.32. The molecular formula is C18H22FNO5S. The maximum absolute atomic E-state index is 14.2. The second kappa shape index (κ2) is 7.34. The lowest BCUT2D eigenvalue weighted by molar-refractivity contribution is -0.154. The number of amides is 1. The predicted molar refractivity (Wildman–Crippen MR) is 92.7 cm³/mol. The van der Waals surface area contributed by atoms with Crippen LogP contribution in [0.25, 0.3) is 0 Å². The average molecular weight is 383 g/mol. The number of nitrogens with one attached hydrogen (secondary N) is 1. The lowest BCUT2D eigenvalue weighted by atomic mass is 9.78. The number of rotatable bonds is 5. The van der Waals surface area contributed by atoms with E-state index in [9.17, 15) is 22.4 Å². The van der Waals surface area contributed by atoms with Crippen molar-refractivity contribution in [3.05, 3.63) is 35.6 Å². The molecule has 1 aromatic carbocycles. The van der Waals surface area contributed by atoms with Crippen LogP contribution in [-0.4, -0.2) is 44.4 Å². The zero-order valence-electron chi connectivity index (χ0n) is 14.4. The van der Waals surface area contributed by atoms with Crippen molar-refractivity contribution in [3.63, 3.8) is 0 Å². The summed E-state index contributed by atoms with van der Waals surface area (Å²) in [6, 6.07) is 5.70. The van der Waals surface area contributed by atoms with E-state index in [1.54, 1.807) is 18.2 Å². The molecular weight excluding hydrogens is 361 g/mol. The van der Waals surface area contributed by atoms with Crippen molar-refractivity contribution in [1.82, 2.24) is 5.32 Å². The first-order valence-corrected chi connectivity index (χ1v) is 10.6. The number of hydrogen-bond donors (Lipinski definition) is 1. The van der Waals surface area contributed by atoms with Gasteiger partial charge in [0, 0.05) is 11.6 Å². The molecule has 0 radical (unpaired) electrons. The van der Waals surface area contributed by atoms with Gasteiger partial charge in [0.1, 0.15) is 5.82 Å². The van der Waals surface area contributed by atoms with E-state index in [4.69, 9.17) is 4.74 Å². The van der Waals surface area contributed by atoms with Gasteiger partial charge in [-0.2, -0.15) is 0 Å². The zero-order valence-corrected chi connectivity index (χ0v) is 15.2. The van der Waals surface area contributed by atoms with Gasteiger partial charge in [0.2, 0.25) is 0 Å². The largest absolute Gasteiger partial charge is 0.455 e. The van der Waals surface area contributed by atoms with Crippen molar-refractivity contribution in [1.29, 1.82) is 0 Å². The van der Waals surface area contributed by atoms with Crippen LogP contribution in [-0.2, 0) is 29.6 Å². The highest BCUT2D eigenvalue weighted by atomic mass is 32.2. The molecule has 1 atom stereocenters. The van der Waals surface area contributed by atoms with E-state index in [0.29, 0.717) is 24.8 Å². The van der Waals surface area contributed by atoms with Crippen molar-refractivity contribution in [2.75, 3.05) is 18.1 Å². The van der Waals surface area contributed by atoms with E-state index in [2.05, 4.69) is 5.32 Å². The summed E-state index contributed by atoms with van der Waals surface area (Å²) in [5.41, 5.74) is -0.743. The summed E-state index contributed by atoms with van der Waals surface area (Å²) in [7, 11) is -3.10. The fourth-order valence-electron chi connectivity index (χ4n) is 3.86. The summed E-state index contributed by atoms with van der Waals surface area (Å²) in [4.78, 5) is 24.7. The molecule has 2 fully saturated rings. The Bertz CT molecular complexity index is 802. The predicted octanol–water partition coefficient (Wildman–Crippen LogP) is 1.48. The minimum Gasteiger partial charge on any atom is -0.455 e. The van der Waals surface area contributed by atoms with Crippen LogP contribution in [0, 0.1) is 5.82 Å². The SMILES string of the molecule is O=C(COC(=O)C1(c2ccccc2F)CCCC1)N[C@H]1CCS(=O)(=O)C1. The van der Waals surface area contributed by atoms with E-state index in [-0.39, 0.29) is 11.5 Å². The standard InChI is InChI=1S/C18H22FNO5S/c19-15-6-2-1-5-14(15)18(8-3-4-9-18)17(22)25-11-16(21)20-13-7-10-26(23,24)12-13/h1-2,5-6,13H,3-4,7-12H2,(H,20,21)/t13-/m0/s1. The Morgan fingerprint density at radius 3 is 2.54 bits per heavy atom. The molecule has 1 saturated heterocycles. The van der Waals surface area contributed by atoms with E-state index in [1.165, 1.54) is 6.07 Å². The second-order valence-corrected chi connectivity index (χ2v) is 9.24. The van der Waals surface area contributed by atoms with E-state index in [0.717, 1.165) is 12.8 Å². The number of hydrogen-bond acceptors (Lipinski definition) is 5. The topological polar surface area (TPSA) is 89.5 Å². The molecule has 1 aliphatic carbocycles. The third kappa shape index (κ3) is 3.90. The molecule has 142 valence electrons. The maximum atomic E-state index is 14.2. The second-order valence-electron chi connectivity index (χ2n) is 7.01. The third-order valence-corrected chi connectivity index (χ3v) is 6.94. The van der Waals surface area contributed by atoms with Gasteiger partial charge < -0.3 is 10.1 Å². The lowest BCUT2D eigenvalue weighted by Crippen LogP contribution is -2.41. The molecule has 1 aliphatic heterocycles. The highest BCUT2D eigenvalue weighted by Crippen LogP contribution is 2.43. The van der Waals surface area contributed by atoms with Crippen LogP contribution < -0.4 is 5.32 Å². The van der Waals surface area contributed by atoms with Gasteiger partial charge in [0.15, 0.2) is 16.4 Å². The molecule has 0 unspecified atom stereocenters. The summed E-state index contributed by atoms with van der Waals surface area (Å²) >= 11 is 0. The Labute approximate surface area is 152 Å². The van der Waals surface area contributed by atoms with Gasteiger partial charge in [-0.15, -0.1) is 0 Å². The van der Waals surface area contributed by atoms with Gasteiger partial charge in [-0.3, -0.25) is 9.59 Å². The fraction of sp³-hybridized carbons (Fsp3) is 0.556. The number of carbonyl (C=O) groups excluding carboxylic acids is 2. The summed E-state index contributed by atoms with van der Waals surface area (Å²) in [6.45, 7) is -0.494. The van der Waals surface area contributed by atoms with Crippen LogP contribution in [0.1, 0.15) is 37.7 Å². The fourth-order valence-corrected chi connectivity index (χ4v) is 5.53. The molecule has 1 N–H and O–H groups in total. The van der Waals surface area contributed by atoms with Crippen LogP contribution in [0.15, 0.2) is 24.3 Å². The summed E-state index contributed by atoms with van der Waals surface area (Å²) in [5, 5.41) is 2.57. The van der Waals surface area contributed by atoms with Gasteiger partial charge in [-0.25, -0.2) is 12.8 Å². The first kappa shape index (κ1) is 18.8. The quantitative estimate of drug-likeness (QED) is 0.778. The van der Waals surface area contributed by atoms with Gasteiger partial charge >= 0.3 is 5.97 Å². The zero-order chi connectivity index (χ0) is 18.8. The number of carbonyl (C=O) groups is 2. The Morgan fingerprint density at radius 2 is 1.92 bits per heavy atom. The summed E-state index contributed by atoms with van der Waals surface area (Å²) < 4.78 is 42.3. The molecule has 1 saturated carbocycles. The van der Waals surface area contributed by atoms with Crippen LogP contribution in [0.3, 0.4) is 0 Å². The van der Waals surface area contributed by atoms with Gasteiger partial charge in [-0.05, 0) is 25.3 Å². The number of halogens is 1. The van der Waals surface area contributed by atoms with E-state index >= 15 is 0 Å². The number of esters is 1. The minimum atomic E-state index is -3.10. The molecule has 0 aromatic heterocycles. The molecule has 3 rings (SSSR count). The monoisotopic (exact) mass is 383 g/mol. The van der Waals surface area contributed by atoms with Crippen molar-refractivity contribution >= 4 is 21.7 Å². The van der Waals surface area contributed by atoms with Crippen molar-refractivity contribution in [2.45, 2.75) is 43.6 Å². The molecule has 2 aliphatic rings. The first-order valence-electron chi connectivity index (χ1n) is 8.74. The molecule has 8 heteroatoms. The summed E-state index contributed by atoms with van der Waals surface area (Å²) in [6.07, 6.45) is 2.90. The normalized spacial score (nSPS) is 23.5. The summed E-state index contributed by atoms with van der Waals surface area (Å²) in [5.74, 6) is -1.64. The average Bonchev–Trinajstić information content (AvgIpc) is 3.20. The molecule has 26 heavy (non-hydrogen) atoms. The maximum Gasteiger partial charge on any atom is 0.317 e. The minimum absolute atomic E-state index is 0.0497. The van der Waals surface area contributed by atoms with E-state index < -0.39 is 45.6 Å². The van der Waals surface area contributed by atoms with Gasteiger partial charge in [-0.1, -0.05) is 31.0 Å². The Balaban J connectivity index is 1.63. The molecule has 6 nitrogen and oxygen atoms in total. The van der Waals surface area contributed by atoms with Gasteiger partial charge in [0.05, 0.1) is 16.9 Å². The lowest BCUT2D eigenvalue weighted by Gasteiger charge is -2.27. The van der Waals surface area contributed by atoms with Crippen molar-refractivity contribution < 1.29 is 27.1 Å². The molecule has 1 heterocycles. The third-order valence-electron chi connectivity index (χ3n) is 5.17. The Hall–Kier alpha value is -1.96. The number of benzene rings is 1. The molecule has 1 amide bonds. The Morgan fingerprint density at radius 1 is 1.23 bits per heavy atom. The van der Waals surface area contributed by atoms with Crippen LogP contribution in [0.2, 0.25) is 0 Å². The highest BCUT2D eigenvalue weighted by Gasteiger charge is 2.46. The van der Waals surface area contributed by atoms with Gasteiger partial charge in [0.25, 0.3) is 5.91 Å². The van der Waals surface area contributed by atoms with Crippen molar-refractivity contribution in [2.24, 2.45) is 0 Å². The molecule has 0 spiro atoms. The van der Waals surface area contributed by atoms with Crippen LogP contribution in [0.5, 0.6) is 0 Å². The van der Waals surface area contributed by atoms with Crippen LogP contribution in [0.4, 0.5) is 4.39 Å². The molecule has 0 bridgehead atoms. The number of ether oxygens (including phenoxy) is 1. The smallest absolute Gasteiger partial charge is 0.317 e.